The molecule has 0 aliphatic heterocycles. The van der Waals surface area contributed by atoms with Crippen LogP contribution in [-0.4, -0.2) is 24.2 Å². The Balaban J connectivity index is 1.38. The van der Waals surface area contributed by atoms with Crippen molar-refractivity contribution in [1.29, 1.82) is 0 Å². The van der Waals surface area contributed by atoms with Gasteiger partial charge >= 0.3 is 0 Å². The first-order valence-corrected chi connectivity index (χ1v) is 7.59. The molecule has 3 rings (SSSR count). The molecule has 0 unspecified atom stereocenters. The summed E-state index contributed by atoms with van der Waals surface area (Å²) in [5.41, 5.74) is 0.634. The van der Waals surface area contributed by atoms with Gasteiger partial charge in [-0.1, -0.05) is 35.5 Å². The maximum absolute atomic E-state index is 11.7. The van der Waals surface area contributed by atoms with Crippen molar-refractivity contribution < 1.29 is 14.1 Å². The van der Waals surface area contributed by atoms with Crippen LogP contribution in [0.2, 0.25) is 0 Å². The number of hydrogen-bond acceptors (Lipinski definition) is 4. The number of nitrogens with zero attached hydrogens (tertiary/aromatic N) is 1. The summed E-state index contributed by atoms with van der Waals surface area (Å²) in [5, 5.41) is 8.89. The second-order valence-corrected chi connectivity index (χ2v) is 5.23. The minimum atomic E-state index is -0.0652. The Hall–Kier alpha value is -2.82. The maximum atomic E-state index is 11.7. The van der Waals surface area contributed by atoms with Gasteiger partial charge in [-0.2, -0.15) is 0 Å². The SMILES string of the molecule is O=C(Cc1ccon1)NCCCOc1ccc2ccccc2c1. The molecule has 0 fully saturated rings. The van der Waals surface area contributed by atoms with E-state index in [9.17, 15) is 4.79 Å². The Labute approximate surface area is 134 Å². The summed E-state index contributed by atoms with van der Waals surface area (Å²) in [6.45, 7) is 1.13. The molecule has 0 aliphatic rings. The first kappa shape index (κ1) is 15.1. The average Bonchev–Trinajstić information content (AvgIpc) is 3.07. The minimum Gasteiger partial charge on any atom is -0.494 e. The molecule has 1 N–H and O–H groups in total. The zero-order chi connectivity index (χ0) is 15.9. The Morgan fingerprint density at radius 1 is 1.13 bits per heavy atom. The number of ether oxygens (including phenoxy) is 1. The molecular weight excluding hydrogens is 292 g/mol. The lowest BCUT2D eigenvalue weighted by Gasteiger charge is -2.08. The van der Waals surface area contributed by atoms with Gasteiger partial charge in [0.1, 0.15) is 12.0 Å². The normalized spacial score (nSPS) is 10.6. The molecule has 2 aromatic carbocycles. The third kappa shape index (κ3) is 4.32. The minimum absolute atomic E-state index is 0.0652. The first-order valence-electron chi connectivity index (χ1n) is 7.59. The van der Waals surface area contributed by atoms with E-state index in [4.69, 9.17) is 4.74 Å². The fraction of sp³-hybridized carbons (Fsp3) is 0.222. The number of hydrogen-bond donors (Lipinski definition) is 1. The highest BCUT2D eigenvalue weighted by Gasteiger charge is 2.05. The second-order valence-electron chi connectivity index (χ2n) is 5.23. The number of nitrogens with one attached hydrogen (secondary N) is 1. The molecule has 0 saturated heterocycles. The van der Waals surface area contributed by atoms with Crippen LogP contribution in [0.4, 0.5) is 0 Å². The van der Waals surface area contributed by atoms with Crippen molar-refractivity contribution in [2.75, 3.05) is 13.2 Å². The lowest BCUT2D eigenvalue weighted by atomic mass is 10.1. The van der Waals surface area contributed by atoms with Crippen LogP contribution in [0.3, 0.4) is 0 Å². The summed E-state index contributed by atoms with van der Waals surface area (Å²) < 4.78 is 10.4. The third-order valence-corrected chi connectivity index (χ3v) is 3.47. The molecule has 1 heterocycles. The fourth-order valence-electron chi connectivity index (χ4n) is 2.30. The maximum Gasteiger partial charge on any atom is 0.226 e. The van der Waals surface area contributed by atoms with E-state index >= 15 is 0 Å². The van der Waals surface area contributed by atoms with Gasteiger partial charge in [-0.15, -0.1) is 0 Å². The van der Waals surface area contributed by atoms with Crippen LogP contribution in [0.25, 0.3) is 10.8 Å². The van der Waals surface area contributed by atoms with Crippen LogP contribution < -0.4 is 10.1 Å². The second kappa shape index (κ2) is 7.45. The van der Waals surface area contributed by atoms with E-state index in [1.165, 1.54) is 11.6 Å². The molecule has 0 bridgehead atoms. The summed E-state index contributed by atoms with van der Waals surface area (Å²) in [7, 11) is 0. The van der Waals surface area contributed by atoms with Crippen molar-refractivity contribution in [1.82, 2.24) is 10.5 Å². The van der Waals surface area contributed by atoms with Gasteiger partial charge in [-0.25, -0.2) is 0 Å². The van der Waals surface area contributed by atoms with E-state index in [0.29, 0.717) is 18.8 Å². The van der Waals surface area contributed by atoms with E-state index in [2.05, 4.69) is 27.1 Å². The molecule has 1 aromatic heterocycles. The fourth-order valence-corrected chi connectivity index (χ4v) is 2.30. The Kier molecular flexibility index (Phi) is 4.88. The van der Waals surface area contributed by atoms with Crippen LogP contribution in [0, 0.1) is 0 Å². The standard InChI is InChI=1S/C18H18N2O3/c21-18(13-16-8-11-23-20-16)19-9-3-10-22-17-7-6-14-4-1-2-5-15(14)12-17/h1-2,4-8,11-12H,3,9-10,13H2,(H,19,21). The lowest BCUT2D eigenvalue weighted by Crippen LogP contribution is -2.27. The van der Waals surface area contributed by atoms with Crippen LogP contribution >= 0.6 is 0 Å². The highest BCUT2D eigenvalue weighted by atomic mass is 16.5. The number of rotatable bonds is 7. The molecular formula is C18H18N2O3. The van der Waals surface area contributed by atoms with Gasteiger partial charge in [0, 0.05) is 12.6 Å². The average molecular weight is 310 g/mol. The highest BCUT2D eigenvalue weighted by Crippen LogP contribution is 2.20. The summed E-state index contributed by atoms with van der Waals surface area (Å²) in [5.74, 6) is 0.780. The van der Waals surface area contributed by atoms with E-state index in [-0.39, 0.29) is 12.3 Å². The predicted octanol–water partition coefficient (Wildman–Crippen LogP) is 2.96. The number of fused-ring (bicyclic) bond motifs is 1. The number of benzene rings is 2. The largest absolute Gasteiger partial charge is 0.494 e. The molecule has 1 amide bonds. The van der Waals surface area contributed by atoms with E-state index in [0.717, 1.165) is 17.6 Å². The van der Waals surface area contributed by atoms with Crippen LogP contribution in [0.5, 0.6) is 5.75 Å². The summed E-state index contributed by atoms with van der Waals surface area (Å²) in [6.07, 6.45) is 2.44. The quantitative estimate of drug-likeness (QED) is 0.681. The van der Waals surface area contributed by atoms with Gasteiger partial charge in [0.05, 0.1) is 18.7 Å². The topological polar surface area (TPSA) is 64.4 Å². The molecule has 5 heteroatoms. The first-order chi connectivity index (χ1) is 11.3. The van der Waals surface area contributed by atoms with Crippen molar-refractivity contribution in [2.45, 2.75) is 12.8 Å². The highest BCUT2D eigenvalue weighted by molar-refractivity contribution is 5.83. The summed E-state index contributed by atoms with van der Waals surface area (Å²) in [6, 6.07) is 15.9. The van der Waals surface area contributed by atoms with E-state index < -0.39 is 0 Å². The van der Waals surface area contributed by atoms with Gasteiger partial charge in [-0.05, 0) is 29.3 Å². The molecule has 0 atom stereocenters. The molecule has 118 valence electrons. The Bertz CT molecular complexity index is 769. The summed E-state index contributed by atoms with van der Waals surface area (Å²) >= 11 is 0. The third-order valence-electron chi connectivity index (χ3n) is 3.47. The van der Waals surface area contributed by atoms with E-state index in [1.54, 1.807) is 6.07 Å². The summed E-state index contributed by atoms with van der Waals surface area (Å²) in [4.78, 5) is 11.7. The molecule has 0 radical (unpaired) electrons. The van der Waals surface area contributed by atoms with Gasteiger partial charge in [0.25, 0.3) is 0 Å². The number of amides is 1. The van der Waals surface area contributed by atoms with Crippen molar-refractivity contribution in [3.63, 3.8) is 0 Å². The zero-order valence-corrected chi connectivity index (χ0v) is 12.7. The molecule has 3 aromatic rings. The zero-order valence-electron chi connectivity index (χ0n) is 12.7. The number of carbonyl (C=O) groups excluding carboxylic acids is 1. The van der Waals surface area contributed by atoms with E-state index in [1.807, 2.05) is 30.3 Å². The molecule has 23 heavy (non-hydrogen) atoms. The van der Waals surface area contributed by atoms with Crippen molar-refractivity contribution >= 4 is 16.7 Å². The molecule has 0 aliphatic carbocycles. The van der Waals surface area contributed by atoms with Crippen LogP contribution in [-0.2, 0) is 11.2 Å². The molecule has 5 nitrogen and oxygen atoms in total. The van der Waals surface area contributed by atoms with Crippen LogP contribution in [0.1, 0.15) is 12.1 Å². The smallest absolute Gasteiger partial charge is 0.226 e. The Morgan fingerprint density at radius 2 is 2.00 bits per heavy atom. The van der Waals surface area contributed by atoms with Crippen molar-refractivity contribution in [3.05, 3.63) is 60.5 Å². The van der Waals surface area contributed by atoms with Crippen molar-refractivity contribution in [2.24, 2.45) is 0 Å². The van der Waals surface area contributed by atoms with Crippen molar-refractivity contribution in [3.8, 4) is 5.75 Å². The molecule has 0 spiro atoms. The van der Waals surface area contributed by atoms with Gasteiger partial charge in [-0.3, -0.25) is 4.79 Å². The van der Waals surface area contributed by atoms with Crippen LogP contribution in [0.15, 0.2) is 59.3 Å². The number of carbonyl (C=O) groups is 1. The Morgan fingerprint density at radius 3 is 2.83 bits per heavy atom. The van der Waals surface area contributed by atoms with Gasteiger partial charge < -0.3 is 14.6 Å². The predicted molar refractivity (Wildman–Crippen MR) is 87.3 cm³/mol. The monoisotopic (exact) mass is 310 g/mol. The van der Waals surface area contributed by atoms with Gasteiger partial charge in [0.2, 0.25) is 5.91 Å². The number of aromatic nitrogens is 1. The molecule has 0 saturated carbocycles. The van der Waals surface area contributed by atoms with Gasteiger partial charge in [0.15, 0.2) is 0 Å². The lowest BCUT2D eigenvalue weighted by molar-refractivity contribution is -0.120.